The third-order valence-corrected chi connectivity index (χ3v) is 2.38. The second-order valence-electron chi connectivity index (χ2n) is 3.87. The highest BCUT2D eigenvalue weighted by atomic mass is 16.5. The van der Waals surface area contributed by atoms with Gasteiger partial charge in [0.1, 0.15) is 11.5 Å². The zero-order chi connectivity index (χ0) is 14.3. The Morgan fingerprint density at radius 2 is 1.84 bits per heavy atom. The molecule has 1 amide bonds. The summed E-state index contributed by atoms with van der Waals surface area (Å²) in [6.45, 7) is 1.69. The van der Waals surface area contributed by atoms with E-state index < -0.39 is 12.1 Å². The zero-order valence-corrected chi connectivity index (χ0v) is 10.9. The highest BCUT2D eigenvalue weighted by Crippen LogP contribution is 2.18. The number of carboxylic acid groups (broad SMARTS) is 1. The molecule has 19 heavy (non-hydrogen) atoms. The van der Waals surface area contributed by atoms with Crippen LogP contribution in [-0.4, -0.2) is 36.7 Å². The van der Waals surface area contributed by atoms with Crippen molar-refractivity contribution in [1.82, 2.24) is 5.32 Å². The Balaban J connectivity index is 2.42. The maximum atomic E-state index is 11.6. The number of ether oxygens (including phenoxy) is 2. The Labute approximate surface area is 111 Å². The summed E-state index contributed by atoms with van der Waals surface area (Å²) in [7, 11) is 1.56. The molecule has 2 N–H and O–H groups in total. The van der Waals surface area contributed by atoms with Crippen molar-refractivity contribution in [2.24, 2.45) is 0 Å². The molecule has 0 saturated carbocycles. The van der Waals surface area contributed by atoms with Crippen molar-refractivity contribution >= 4 is 11.9 Å². The lowest BCUT2D eigenvalue weighted by Gasteiger charge is -2.14. The number of rotatable bonds is 7. The Morgan fingerprint density at radius 1 is 1.26 bits per heavy atom. The standard InChI is InChI=1S/C13H17NO5/c1-9(13(17)14-8-7-12(15)16)19-11-5-3-10(18-2)4-6-11/h3-6,9H,7-8H2,1-2H3,(H,14,17)(H,15,16)/t9-/m1/s1. The van der Waals surface area contributed by atoms with Crippen LogP contribution in [0.25, 0.3) is 0 Å². The lowest BCUT2D eigenvalue weighted by atomic mass is 10.3. The van der Waals surface area contributed by atoms with Gasteiger partial charge >= 0.3 is 5.97 Å². The first-order chi connectivity index (χ1) is 9.02. The first-order valence-electron chi connectivity index (χ1n) is 5.83. The lowest BCUT2D eigenvalue weighted by molar-refractivity contribution is -0.137. The number of benzene rings is 1. The van der Waals surface area contributed by atoms with Crippen LogP contribution in [-0.2, 0) is 9.59 Å². The molecule has 0 unspecified atom stereocenters. The maximum Gasteiger partial charge on any atom is 0.305 e. The number of aliphatic carboxylic acids is 1. The van der Waals surface area contributed by atoms with E-state index in [1.54, 1.807) is 38.3 Å². The molecule has 0 aliphatic carbocycles. The SMILES string of the molecule is COc1ccc(O[C@H](C)C(=O)NCCC(=O)O)cc1. The molecular formula is C13H17NO5. The maximum absolute atomic E-state index is 11.6. The van der Waals surface area contributed by atoms with Crippen molar-refractivity contribution in [2.45, 2.75) is 19.4 Å². The van der Waals surface area contributed by atoms with E-state index in [-0.39, 0.29) is 18.9 Å². The summed E-state index contributed by atoms with van der Waals surface area (Å²) in [6.07, 6.45) is -0.803. The molecule has 0 radical (unpaired) electrons. The van der Waals surface area contributed by atoms with E-state index >= 15 is 0 Å². The van der Waals surface area contributed by atoms with Gasteiger partial charge < -0.3 is 19.9 Å². The molecule has 104 valence electrons. The molecule has 0 heterocycles. The van der Waals surface area contributed by atoms with Crippen LogP contribution >= 0.6 is 0 Å². The highest BCUT2D eigenvalue weighted by molar-refractivity contribution is 5.81. The predicted octanol–water partition coefficient (Wildman–Crippen LogP) is 1.05. The third-order valence-electron chi connectivity index (χ3n) is 2.38. The fourth-order valence-corrected chi connectivity index (χ4v) is 1.35. The Bertz CT molecular complexity index is 429. The number of carbonyl (C=O) groups is 2. The Kier molecular flexibility index (Phi) is 5.66. The number of amides is 1. The van der Waals surface area contributed by atoms with Gasteiger partial charge in [-0.3, -0.25) is 9.59 Å². The van der Waals surface area contributed by atoms with E-state index in [4.69, 9.17) is 14.6 Å². The molecule has 0 spiro atoms. The van der Waals surface area contributed by atoms with E-state index in [2.05, 4.69) is 5.32 Å². The van der Waals surface area contributed by atoms with Gasteiger partial charge in [0.25, 0.3) is 5.91 Å². The van der Waals surface area contributed by atoms with Crippen LogP contribution in [0.3, 0.4) is 0 Å². The molecule has 0 aliphatic heterocycles. The van der Waals surface area contributed by atoms with Crippen molar-refractivity contribution in [3.05, 3.63) is 24.3 Å². The van der Waals surface area contributed by atoms with E-state index in [9.17, 15) is 9.59 Å². The van der Waals surface area contributed by atoms with Crippen molar-refractivity contribution in [1.29, 1.82) is 0 Å². The second kappa shape index (κ2) is 7.25. The molecule has 0 aromatic heterocycles. The largest absolute Gasteiger partial charge is 0.497 e. The minimum atomic E-state index is -0.955. The monoisotopic (exact) mass is 267 g/mol. The number of nitrogens with one attached hydrogen (secondary N) is 1. The number of methoxy groups -OCH3 is 1. The Hall–Kier alpha value is -2.24. The van der Waals surface area contributed by atoms with Gasteiger partial charge in [0.2, 0.25) is 0 Å². The zero-order valence-electron chi connectivity index (χ0n) is 10.9. The summed E-state index contributed by atoms with van der Waals surface area (Å²) in [5, 5.41) is 10.9. The summed E-state index contributed by atoms with van der Waals surface area (Å²) < 4.78 is 10.4. The van der Waals surface area contributed by atoms with Crippen LogP contribution in [0.15, 0.2) is 24.3 Å². The fraction of sp³-hybridized carbons (Fsp3) is 0.385. The number of carbonyl (C=O) groups excluding carboxylic acids is 1. The first-order valence-corrected chi connectivity index (χ1v) is 5.83. The normalized spacial score (nSPS) is 11.5. The minimum Gasteiger partial charge on any atom is -0.497 e. The molecule has 0 fully saturated rings. The lowest BCUT2D eigenvalue weighted by Crippen LogP contribution is -2.37. The molecular weight excluding hydrogens is 250 g/mol. The smallest absolute Gasteiger partial charge is 0.305 e. The number of hydrogen-bond donors (Lipinski definition) is 2. The highest BCUT2D eigenvalue weighted by Gasteiger charge is 2.14. The molecule has 1 aromatic rings. The van der Waals surface area contributed by atoms with E-state index in [1.165, 1.54) is 0 Å². The Morgan fingerprint density at radius 3 is 2.37 bits per heavy atom. The fourth-order valence-electron chi connectivity index (χ4n) is 1.35. The molecule has 0 bridgehead atoms. The first kappa shape index (κ1) is 14.8. The number of hydrogen-bond acceptors (Lipinski definition) is 4. The molecule has 0 saturated heterocycles. The summed E-state index contributed by atoms with van der Waals surface area (Å²) in [4.78, 5) is 21.9. The predicted molar refractivity (Wildman–Crippen MR) is 68.3 cm³/mol. The van der Waals surface area contributed by atoms with Gasteiger partial charge in [-0.05, 0) is 31.2 Å². The van der Waals surface area contributed by atoms with Crippen LogP contribution < -0.4 is 14.8 Å². The van der Waals surface area contributed by atoms with Crippen LogP contribution in [0.4, 0.5) is 0 Å². The van der Waals surface area contributed by atoms with Gasteiger partial charge in [0, 0.05) is 6.54 Å². The van der Waals surface area contributed by atoms with Crippen molar-refractivity contribution in [3.63, 3.8) is 0 Å². The molecule has 0 aliphatic rings. The van der Waals surface area contributed by atoms with Gasteiger partial charge in [0.05, 0.1) is 13.5 Å². The van der Waals surface area contributed by atoms with Gasteiger partial charge in [-0.15, -0.1) is 0 Å². The summed E-state index contributed by atoms with van der Waals surface area (Å²) in [6, 6.07) is 6.84. The van der Waals surface area contributed by atoms with Crippen molar-refractivity contribution < 1.29 is 24.2 Å². The summed E-state index contributed by atoms with van der Waals surface area (Å²) in [5.41, 5.74) is 0. The topological polar surface area (TPSA) is 84.9 Å². The summed E-state index contributed by atoms with van der Waals surface area (Å²) in [5.74, 6) is -0.0614. The quantitative estimate of drug-likeness (QED) is 0.771. The third kappa shape index (κ3) is 5.29. The van der Waals surface area contributed by atoms with Crippen LogP contribution in [0.2, 0.25) is 0 Å². The molecule has 6 heteroatoms. The van der Waals surface area contributed by atoms with Gasteiger partial charge in [-0.1, -0.05) is 0 Å². The van der Waals surface area contributed by atoms with E-state index in [0.717, 1.165) is 0 Å². The van der Waals surface area contributed by atoms with Gasteiger partial charge in [-0.2, -0.15) is 0 Å². The average Bonchev–Trinajstić information content (AvgIpc) is 2.39. The van der Waals surface area contributed by atoms with Crippen LogP contribution in [0, 0.1) is 0 Å². The number of carboxylic acids is 1. The van der Waals surface area contributed by atoms with Crippen LogP contribution in [0.1, 0.15) is 13.3 Å². The van der Waals surface area contributed by atoms with Crippen molar-refractivity contribution in [3.8, 4) is 11.5 Å². The van der Waals surface area contributed by atoms with Gasteiger partial charge in [0.15, 0.2) is 6.10 Å². The minimum absolute atomic E-state index is 0.0878. The van der Waals surface area contributed by atoms with Gasteiger partial charge in [-0.25, -0.2) is 0 Å². The van der Waals surface area contributed by atoms with E-state index in [0.29, 0.717) is 11.5 Å². The van der Waals surface area contributed by atoms with Crippen LogP contribution in [0.5, 0.6) is 11.5 Å². The van der Waals surface area contributed by atoms with Crippen molar-refractivity contribution in [2.75, 3.05) is 13.7 Å². The molecule has 6 nitrogen and oxygen atoms in total. The molecule has 1 rings (SSSR count). The molecule has 1 aromatic carbocycles. The van der Waals surface area contributed by atoms with E-state index in [1.807, 2.05) is 0 Å². The summed E-state index contributed by atoms with van der Waals surface area (Å²) >= 11 is 0. The second-order valence-corrected chi connectivity index (χ2v) is 3.87. The average molecular weight is 267 g/mol. The molecule has 1 atom stereocenters.